The number of nitrogens with zero attached hydrogens (tertiary/aromatic N) is 3. The van der Waals surface area contributed by atoms with Gasteiger partial charge in [0.25, 0.3) is 11.2 Å². The van der Waals surface area contributed by atoms with Gasteiger partial charge in [-0.2, -0.15) is 5.10 Å². The summed E-state index contributed by atoms with van der Waals surface area (Å²) in [4.78, 5) is 35.0. The first-order valence-electron chi connectivity index (χ1n) is 7.47. The fraction of sp³-hybridized carbons (Fsp3) is 0.118. The largest absolute Gasteiger partial charge is 0.421 e. The number of nitro groups is 1. The number of aromatic nitrogens is 2. The number of aryl methyl sites for hydroxylation is 1. The molecule has 0 spiro atoms. The number of carbonyl (C=O) groups excluding carboxylic acids is 1. The van der Waals surface area contributed by atoms with Crippen LogP contribution < -0.4 is 10.3 Å². The first kappa shape index (κ1) is 16.3. The van der Waals surface area contributed by atoms with Crippen molar-refractivity contribution in [3.63, 3.8) is 0 Å². The molecule has 0 saturated heterocycles. The average Bonchev–Trinajstić information content (AvgIpc) is 2.62. The zero-order valence-corrected chi connectivity index (χ0v) is 13.2. The summed E-state index contributed by atoms with van der Waals surface area (Å²) in [5.74, 6) is -0.766. The van der Waals surface area contributed by atoms with Gasteiger partial charge in [0.1, 0.15) is 5.75 Å². The Morgan fingerprint density at radius 2 is 1.92 bits per heavy atom. The molecule has 2 aromatic carbocycles. The highest BCUT2D eigenvalue weighted by Gasteiger charge is 2.19. The molecular formula is C17H13N3O5. The van der Waals surface area contributed by atoms with Gasteiger partial charge < -0.3 is 4.74 Å². The third kappa shape index (κ3) is 3.09. The molecule has 0 saturated carbocycles. The summed E-state index contributed by atoms with van der Waals surface area (Å²) >= 11 is 0. The van der Waals surface area contributed by atoms with Crippen molar-refractivity contribution in [2.45, 2.75) is 13.5 Å². The fourth-order valence-corrected chi connectivity index (χ4v) is 2.42. The normalized spacial score (nSPS) is 10.6. The summed E-state index contributed by atoms with van der Waals surface area (Å²) in [6.45, 7) is 2.03. The van der Waals surface area contributed by atoms with E-state index in [9.17, 15) is 19.7 Å². The molecule has 126 valence electrons. The Hall–Kier alpha value is -3.55. The van der Waals surface area contributed by atoms with Crippen LogP contribution in [0.15, 0.2) is 53.3 Å². The lowest BCUT2D eigenvalue weighted by Gasteiger charge is -2.09. The number of benzene rings is 2. The number of esters is 1. The number of nitro benzene ring substituents is 1. The van der Waals surface area contributed by atoms with Gasteiger partial charge in [0.05, 0.1) is 16.4 Å². The van der Waals surface area contributed by atoms with Crippen LogP contribution in [0.1, 0.15) is 17.4 Å². The molecule has 8 heteroatoms. The molecule has 0 aliphatic rings. The Balaban J connectivity index is 2.06. The molecule has 0 radical (unpaired) electrons. The summed E-state index contributed by atoms with van der Waals surface area (Å²) < 4.78 is 6.39. The van der Waals surface area contributed by atoms with E-state index in [4.69, 9.17) is 4.74 Å². The Morgan fingerprint density at radius 1 is 1.20 bits per heavy atom. The smallest absolute Gasteiger partial charge is 0.364 e. The lowest BCUT2D eigenvalue weighted by atomic mass is 10.1. The van der Waals surface area contributed by atoms with E-state index >= 15 is 0 Å². The molecule has 0 unspecified atom stereocenters. The van der Waals surface area contributed by atoms with E-state index in [0.29, 0.717) is 17.3 Å². The highest BCUT2D eigenvalue weighted by molar-refractivity contribution is 6.02. The predicted octanol–water partition coefficient (Wildman–Crippen LogP) is 2.54. The van der Waals surface area contributed by atoms with Crippen LogP contribution in [0.2, 0.25) is 0 Å². The summed E-state index contributed by atoms with van der Waals surface area (Å²) in [5, 5.41) is 15.6. The fourth-order valence-electron chi connectivity index (χ4n) is 2.42. The average molecular weight is 339 g/mol. The van der Waals surface area contributed by atoms with Crippen molar-refractivity contribution in [2.75, 3.05) is 0 Å². The number of rotatable bonds is 4. The zero-order valence-electron chi connectivity index (χ0n) is 13.2. The maximum atomic E-state index is 12.5. The molecule has 1 heterocycles. The molecule has 3 aromatic rings. The molecule has 25 heavy (non-hydrogen) atoms. The van der Waals surface area contributed by atoms with Gasteiger partial charge in [-0.1, -0.05) is 24.3 Å². The molecule has 0 aliphatic carbocycles. The standard InChI is InChI=1S/C17H13N3O5/c1-2-19-16(21)14-9-4-3-8-13(14)15(18-19)17(22)25-12-7-5-6-11(10-12)20(23)24/h3-10H,2H2,1H3. The monoisotopic (exact) mass is 339 g/mol. The summed E-state index contributed by atoms with van der Waals surface area (Å²) in [6.07, 6.45) is 0. The maximum Gasteiger partial charge on any atom is 0.364 e. The van der Waals surface area contributed by atoms with Crippen LogP contribution in [0.5, 0.6) is 5.75 Å². The quantitative estimate of drug-likeness (QED) is 0.313. The summed E-state index contributed by atoms with van der Waals surface area (Å²) in [6, 6.07) is 11.9. The van der Waals surface area contributed by atoms with Gasteiger partial charge in [-0.15, -0.1) is 0 Å². The number of hydrogen-bond acceptors (Lipinski definition) is 6. The van der Waals surface area contributed by atoms with Crippen LogP contribution in [-0.4, -0.2) is 20.7 Å². The third-order valence-corrected chi connectivity index (χ3v) is 3.60. The van der Waals surface area contributed by atoms with E-state index in [-0.39, 0.29) is 22.7 Å². The van der Waals surface area contributed by atoms with Crippen LogP contribution in [0.25, 0.3) is 10.8 Å². The Kier molecular flexibility index (Phi) is 4.25. The molecule has 1 aromatic heterocycles. The van der Waals surface area contributed by atoms with Crippen molar-refractivity contribution in [1.29, 1.82) is 0 Å². The van der Waals surface area contributed by atoms with Gasteiger partial charge in [0.2, 0.25) is 0 Å². The van der Waals surface area contributed by atoms with E-state index in [1.54, 1.807) is 31.2 Å². The Labute approximate surface area is 141 Å². The van der Waals surface area contributed by atoms with Crippen molar-refractivity contribution in [1.82, 2.24) is 9.78 Å². The number of carbonyl (C=O) groups is 1. The maximum absolute atomic E-state index is 12.5. The van der Waals surface area contributed by atoms with Crippen LogP contribution in [0.4, 0.5) is 5.69 Å². The van der Waals surface area contributed by atoms with Crippen molar-refractivity contribution >= 4 is 22.4 Å². The molecule has 0 N–H and O–H groups in total. The molecule has 0 fully saturated rings. The lowest BCUT2D eigenvalue weighted by molar-refractivity contribution is -0.384. The zero-order chi connectivity index (χ0) is 18.0. The van der Waals surface area contributed by atoms with Gasteiger partial charge in [0, 0.05) is 18.0 Å². The second-order valence-electron chi connectivity index (χ2n) is 5.16. The molecule has 8 nitrogen and oxygen atoms in total. The SMILES string of the molecule is CCn1nc(C(=O)Oc2cccc([N+](=O)[O-])c2)c2ccccc2c1=O. The van der Waals surface area contributed by atoms with Crippen LogP contribution in [0.3, 0.4) is 0 Å². The van der Waals surface area contributed by atoms with Gasteiger partial charge in [-0.3, -0.25) is 14.9 Å². The second-order valence-corrected chi connectivity index (χ2v) is 5.16. The van der Waals surface area contributed by atoms with E-state index in [0.717, 1.165) is 6.07 Å². The van der Waals surface area contributed by atoms with Crippen molar-refractivity contribution < 1.29 is 14.5 Å². The lowest BCUT2D eigenvalue weighted by Crippen LogP contribution is -2.26. The molecule has 3 rings (SSSR count). The van der Waals surface area contributed by atoms with Crippen LogP contribution in [0, 0.1) is 10.1 Å². The molecule has 0 aliphatic heterocycles. The molecule has 0 bridgehead atoms. The predicted molar refractivity (Wildman–Crippen MR) is 89.7 cm³/mol. The first-order valence-corrected chi connectivity index (χ1v) is 7.47. The number of hydrogen-bond donors (Lipinski definition) is 0. The minimum absolute atomic E-state index is 0.0245. The Bertz CT molecular complexity index is 1040. The van der Waals surface area contributed by atoms with E-state index in [2.05, 4.69) is 5.10 Å². The van der Waals surface area contributed by atoms with Crippen LogP contribution in [-0.2, 0) is 6.54 Å². The topological polar surface area (TPSA) is 104 Å². The van der Waals surface area contributed by atoms with Crippen molar-refractivity contribution in [3.05, 3.63) is 74.7 Å². The van der Waals surface area contributed by atoms with Crippen molar-refractivity contribution in [3.8, 4) is 5.75 Å². The molecule has 0 amide bonds. The van der Waals surface area contributed by atoms with Gasteiger partial charge in [-0.05, 0) is 19.1 Å². The summed E-state index contributed by atoms with van der Waals surface area (Å²) in [5.41, 5.74) is -0.518. The van der Waals surface area contributed by atoms with E-state index in [1.807, 2.05) is 0 Å². The van der Waals surface area contributed by atoms with Crippen molar-refractivity contribution in [2.24, 2.45) is 0 Å². The highest BCUT2D eigenvalue weighted by atomic mass is 16.6. The third-order valence-electron chi connectivity index (χ3n) is 3.60. The first-order chi connectivity index (χ1) is 12.0. The number of fused-ring (bicyclic) bond motifs is 1. The van der Waals surface area contributed by atoms with E-state index in [1.165, 1.54) is 22.9 Å². The Morgan fingerprint density at radius 3 is 2.60 bits per heavy atom. The minimum atomic E-state index is -0.793. The number of non-ortho nitro benzene ring substituents is 1. The summed E-state index contributed by atoms with van der Waals surface area (Å²) in [7, 11) is 0. The van der Waals surface area contributed by atoms with Gasteiger partial charge in [0.15, 0.2) is 5.69 Å². The second kappa shape index (κ2) is 6.52. The minimum Gasteiger partial charge on any atom is -0.421 e. The molecular weight excluding hydrogens is 326 g/mol. The van der Waals surface area contributed by atoms with E-state index < -0.39 is 10.9 Å². The van der Waals surface area contributed by atoms with Gasteiger partial charge >= 0.3 is 5.97 Å². The van der Waals surface area contributed by atoms with Gasteiger partial charge in [-0.25, -0.2) is 9.48 Å². The van der Waals surface area contributed by atoms with Crippen LogP contribution >= 0.6 is 0 Å². The highest BCUT2D eigenvalue weighted by Crippen LogP contribution is 2.21. The number of ether oxygens (including phenoxy) is 1. The molecule has 0 atom stereocenters.